The van der Waals surface area contributed by atoms with Crippen LogP contribution in [-0.2, 0) is 38.8 Å². The minimum absolute atomic E-state index is 0.0388. The highest BCUT2D eigenvalue weighted by atomic mass is 32.5. The predicted molar refractivity (Wildman–Crippen MR) is 95.5 cm³/mol. The predicted octanol–water partition coefficient (Wildman–Crippen LogP) is -3.41. The number of aliphatic hydroxyl groups excluding tert-OH is 2. The van der Waals surface area contributed by atoms with Crippen molar-refractivity contribution >= 4 is 51.2 Å². The summed E-state index contributed by atoms with van der Waals surface area (Å²) in [6, 6.07) is 0. The first-order chi connectivity index (χ1) is 14.2. The summed E-state index contributed by atoms with van der Waals surface area (Å²) in [5.41, 5.74) is 5.99. The topological polar surface area (TPSA) is 271 Å². The zero-order valence-corrected chi connectivity index (χ0v) is 18.3. The summed E-state index contributed by atoms with van der Waals surface area (Å²) >= 11 is 3.80. The van der Waals surface area contributed by atoms with Gasteiger partial charge in [0.1, 0.15) is 36.9 Å². The van der Waals surface area contributed by atoms with E-state index in [-0.39, 0.29) is 17.0 Å². The van der Waals surface area contributed by atoms with E-state index in [1.807, 2.05) is 0 Å². The number of phosphoric acid groups is 2. The molecule has 0 amide bonds. The molecule has 0 bridgehead atoms. The molecule has 0 radical (unpaired) electrons. The van der Waals surface area contributed by atoms with E-state index in [1.165, 1.54) is 10.9 Å². The Morgan fingerprint density at radius 1 is 1.16 bits per heavy atom. The largest absolute Gasteiger partial charge is 0.780 e. The van der Waals surface area contributed by atoms with Crippen molar-refractivity contribution in [3.63, 3.8) is 0 Å². The summed E-state index contributed by atoms with van der Waals surface area (Å²) in [6.07, 6.45) is -3.78. The van der Waals surface area contributed by atoms with Crippen LogP contribution in [0.25, 0.3) is 11.2 Å². The first kappa shape index (κ1) is 24.7. The van der Waals surface area contributed by atoms with E-state index < -0.39 is 53.5 Å². The van der Waals surface area contributed by atoms with Gasteiger partial charge in [-0.2, -0.15) is 0 Å². The number of hydrogen-bond donors (Lipinski definition) is 4. The fourth-order valence-electron chi connectivity index (χ4n) is 2.61. The van der Waals surface area contributed by atoms with Crippen molar-refractivity contribution in [2.24, 2.45) is 0 Å². The van der Waals surface area contributed by atoms with Crippen LogP contribution in [0.4, 0.5) is 5.82 Å². The second kappa shape index (κ2) is 8.78. The summed E-state index contributed by atoms with van der Waals surface area (Å²) in [5.74, 6) is 0.0388. The van der Waals surface area contributed by atoms with Gasteiger partial charge in [0.15, 0.2) is 17.7 Å². The molecule has 0 aliphatic carbocycles. The smallest absolute Gasteiger partial charge is 0.279 e. The zero-order valence-electron chi connectivity index (χ0n) is 14.8. The van der Waals surface area contributed by atoms with Crippen LogP contribution < -0.4 is 20.4 Å². The monoisotopic (exact) mass is 520 g/mol. The number of fused-ring (bicyclic) bond motifs is 1. The minimum atomic E-state index is -5.87. The number of nitrogen functional groups attached to an aromatic ring is 1. The molecule has 5 N–H and O–H groups in total. The summed E-state index contributed by atoms with van der Waals surface area (Å²) in [4.78, 5) is 54.1. The quantitative estimate of drug-likeness (QED) is 0.247. The first-order valence-corrected chi connectivity index (χ1v) is 13.4. The maximum atomic E-state index is 11.7. The number of ether oxygens (including phenoxy) is 1. The highest BCUT2D eigenvalue weighted by Crippen LogP contribution is 2.61. The lowest BCUT2D eigenvalue weighted by Crippen LogP contribution is -2.34. The Bertz CT molecular complexity index is 1110. The number of aliphatic hydroxyl groups is 2. The Balaban J connectivity index is 1.69. The maximum absolute atomic E-state index is 11.7. The van der Waals surface area contributed by atoms with Crippen LogP contribution in [0.2, 0.25) is 0 Å². The van der Waals surface area contributed by atoms with Crippen molar-refractivity contribution in [2.45, 2.75) is 24.5 Å². The minimum Gasteiger partial charge on any atom is -0.780 e. The van der Waals surface area contributed by atoms with Gasteiger partial charge in [-0.15, -0.1) is 0 Å². The fourth-order valence-corrected chi connectivity index (χ4v) is 6.24. The second-order valence-electron chi connectivity index (χ2n) is 5.95. The van der Waals surface area contributed by atoms with Crippen LogP contribution in [0.3, 0.4) is 0 Å². The molecule has 21 heteroatoms. The molecule has 0 aromatic carbocycles. The summed E-state index contributed by atoms with van der Waals surface area (Å²) < 4.78 is 41.0. The number of nitrogens with zero attached hydrogens (tertiary/aromatic N) is 4. The van der Waals surface area contributed by atoms with Crippen molar-refractivity contribution in [3.8, 4) is 0 Å². The third kappa shape index (κ3) is 5.90. The van der Waals surface area contributed by atoms with E-state index in [1.54, 1.807) is 0 Å². The SMILES string of the molecule is Nc1ncnc2c1ncn2[C@@H]1O[C@H](COP(=O)([O-])OP(=O)([O-])OP([O-])(O)=S)[C@@H](O)[C@H]1O. The molecule has 3 rings (SSSR count). The second-order valence-corrected chi connectivity index (χ2v) is 11.6. The summed E-state index contributed by atoms with van der Waals surface area (Å²) in [7, 11) is -11.5. The van der Waals surface area contributed by atoms with Crippen LogP contribution in [0.5, 0.6) is 0 Å². The molecule has 3 heterocycles. The lowest BCUT2D eigenvalue weighted by atomic mass is 10.1. The Hall–Kier alpha value is -0.940. The Morgan fingerprint density at radius 3 is 2.48 bits per heavy atom. The van der Waals surface area contributed by atoms with Gasteiger partial charge in [-0.05, 0) is 0 Å². The summed E-state index contributed by atoms with van der Waals surface area (Å²) in [5, 5.41) is 20.4. The van der Waals surface area contributed by atoms with E-state index >= 15 is 0 Å². The van der Waals surface area contributed by atoms with Gasteiger partial charge in [-0.3, -0.25) is 18.0 Å². The average molecular weight is 520 g/mol. The molecule has 174 valence electrons. The van der Waals surface area contributed by atoms with Gasteiger partial charge < -0.3 is 44.8 Å². The molecule has 1 aliphatic heterocycles. The molecule has 17 nitrogen and oxygen atoms in total. The lowest BCUT2D eigenvalue weighted by Gasteiger charge is -2.34. The maximum Gasteiger partial charge on any atom is 0.279 e. The number of phosphoric ester groups is 1. The van der Waals surface area contributed by atoms with Gasteiger partial charge in [-0.1, -0.05) is 11.8 Å². The Kier molecular flexibility index (Phi) is 6.99. The molecule has 3 unspecified atom stereocenters. The van der Waals surface area contributed by atoms with Gasteiger partial charge in [-0.25, -0.2) is 19.3 Å². The fraction of sp³-hybridized carbons (Fsp3) is 0.500. The standard InChI is InChI=1S/C10H16N5O12P3S/c11-8-5-9(13-2-12-8)15(3-14-5)10-7(17)6(16)4(25-10)1-24-28(18,19)26-29(20,21)27-30(22,23)31/h2-4,6-7,10,16-17H,1H2,(H,18,19)(H,20,21)(H2,11,12,13)(H2,22,23,31)/p-3/t4-,6-,7-,10-/m1/s1. The molecular formula is C10H13N5O12P3S-3. The third-order valence-electron chi connectivity index (χ3n) is 3.80. The van der Waals surface area contributed by atoms with Gasteiger partial charge >= 0.3 is 0 Å². The molecule has 7 atom stereocenters. The van der Waals surface area contributed by atoms with Gasteiger partial charge in [0.05, 0.1) is 12.9 Å². The van der Waals surface area contributed by atoms with E-state index in [2.05, 4.69) is 39.9 Å². The molecule has 0 saturated carbocycles. The van der Waals surface area contributed by atoms with E-state index in [9.17, 15) is 34.0 Å². The van der Waals surface area contributed by atoms with Crippen molar-refractivity contribution in [1.29, 1.82) is 0 Å². The number of hydrogen-bond acceptors (Lipinski definition) is 16. The molecule has 2 aromatic rings. The molecule has 1 aliphatic rings. The first-order valence-electron chi connectivity index (χ1n) is 7.87. The molecule has 31 heavy (non-hydrogen) atoms. The van der Waals surface area contributed by atoms with Gasteiger partial charge in [0.2, 0.25) is 0 Å². The van der Waals surface area contributed by atoms with Crippen molar-refractivity contribution in [3.05, 3.63) is 12.7 Å². The third-order valence-corrected chi connectivity index (χ3v) is 8.09. The highest BCUT2D eigenvalue weighted by molar-refractivity contribution is 8.07. The lowest BCUT2D eigenvalue weighted by molar-refractivity contribution is -0.246. The molecule has 2 aromatic heterocycles. The van der Waals surface area contributed by atoms with Crippen molar-refractivity contribution in [1.82, 2.24) is 19.5 Å². The highest BCUT2D eigenvalue weighted by Gasteiger charge is 2.45. The van der Waals surface area contributed by atoms with Crippen molar-refractivity contribution < 1.29 is 56.8 Å². The van der Waals surface area contributed by atoms with Crippen molar-refractivity contribution in [2.75, 3.05) is 12.3 Å². The number of anilines is 1. The normalized spacial score (nSPS) is 30.0. The van der Waals surface area contributed by atoms with Gasteiger partial charge in [0, 0.05) is 0 Å². The molecule has 1 saturated heterocycles. The average Bonchev–Trinajstić information content (AvgIpc) is 3.13. The zero-order chi connectivity index (χ0) is 23.2. The number of aromatic nitrogens is 4. The summed E-state index contributed by atoms with van der Waals surface area (Å²) in [6.45, 7) is -6.06. The Morgan fingerprint density at radius 2 is 1.84 bits per heavy atom. The van der Waals surface area contributed by atoms with E-state index in [0.29, 0.717) is 0 Å². The molecular weight excluding hydrogens is 507 g/mol. The number of imidazole rings is 1. The van der Waals surface area contributed by atoms with Crippen LogP contribution in [0.1, 0.15) is 6.23 Å². The van der Waals surface area contributed by atoms with E-state index in [0.717, 1.165) is 6.33 Å². The van der Waals surface area contributed by atoms with Gasteiger partial charge in [0.25, 0.3) is 15.6 Å². The van der Waals surface area contributed by atoms with Crippen LogP contribution in [0, 0.1) is 0 Å². The van der Waals surface area contributed by atoms with Crippen LogP contribution in [0.15, 0.2) is 12.7 Å². The van der Waals surface area contributed by atoms with Crippen LogP contribution >= 0.6 is 22.4 Å². The molecule has 0 spiro atoms. The Labute approximate surface area is 177 Å². The van der Waals surface area contributed by atoms with E-state index in [4.69, 9.17) is 15.4 Å². The number of nitrogens with two attached hydrogens (primary N) is 1. The van der Waals surface area contributed by atoms with Crippen LogP contribution in [-0.4, -0.2) is 59.5 Å². The number of rotatable bonds is 8. The molecule has 1 fully saturated rings.